The molecule has 0 bridgehead atoms. The van der Waals surface area contributed by atoms with Crippen molar-refractivity contribution in [2.24, 2.45) is 5.92 Å². The van der Waals surface area contributed by atoms with Gasteiger partial charge in [0.25, 0.3) is 5.91 Å². The van der Waals surface area contributed by atoms with E-state index in [1.54, 1.807) is 0 Å². The van der Waals surface area contributed by atoms with Gasteiger partial charge in [-0.1, -0.05) is 23.7 Å². The summed E-state index contributed by atoms with van der Waals surface area (Å²) in [5.41, 5.74) is 2.55. The number of aryl methyl sites for hydroxylation is 1. The van der Waals surface area contributed by atoms with E-state index in [2.05, 4.69) is 15.6 Å². The summed E-state index contributed by atoms with van der Waals surface area (Å²) >= 11 is 6.04. The average Bonchev–Trinajstić information content (AvgIpc) is 2.97. The lowest BCUT2D eigenvalue weighted by molar-refractivity contribution is 0.0683. The third-order valence-corrected chi connectivity index (χ3v) is 5.66. The predicted molar refractivity (Wildman–Crippen MR) is 105 cm³/mol. The van der Waals surface area contributed by atoms with Gasteiger partial charge in [0.2, 0.25) is 0 Å². The summed E-state index contributed by atoms with van der Waals surface area (Å²) in [4.78, 5) is 19.1. The van der Waals surface area contributed by atoms with Crippen LogP contribution >= 0.6 is 11.6 Å². The smallest absolute Gasteiger partial charge is 0.255 e. The number of para-hydroxylation sites is 2. The highest BCUT2D eigenvalue weighted by molar-refractivity contribution is 6.33. The van der Waals surface area contributed by atoms with E-state index in [0.29, 0.717) is 24.6 Å². The summed E-state index contributed by atoms with van der Waals surface area (Å²) in [7, 11) is 0. The molecule has 1 aliphatic rings. The Morgan fingerprint density at radius 1 is 1.22 bits per heavy atom. The van der Waals surface area contributed by atoms with Gasteiger partial charge in [0, 0.05) is 19.6 Å². The second kappa shape index (κ2) is 7.31. The van der Waals surface area contributed by atoms with E-state index in [-0.39, 0.29) is 10.9 Å². The zero-order valence-corrected chi connectivity index (χ0v) is 15.9. The van der Waals surface area contributed by atoms with Crippen LogP contribution in [0.4, 0.5) is 4.39 Å². The first kappa shape index (κ1) is 18.0. The normalized spacial score (nSPS) is 15.4. The highest BCUT2D eigenvalue weighted by atomic mass is 35.5. The SMILES string of the molecule is Cc1nc2ccccc2n1CC1CCN(C(=O)c2ccc(F)cc2Cl)CC1. The molecule has 2 heterocycles. The molecule has 0 atom stereocenters. The van der Waals surface area contributed by atoms with Gasteiger partial charge >= 0.3 is 0 Å². The van der Waals surface area contributed by atoms with E-state index in [9.17, 15) is 9.18 Å². The number of benzene rings is 2. The Bertz CT molecular complexity index is 992. The molecule has 1 amide bonds. The van der Waals surface area contributed by atoms with Crippen LogP contribution in [0.15, 0.2) is 42.5 Å². The molecule has 27 heavy (non-hydrogen) atoms. The number of piperidine rings is 1. The first-order valence-electron chi connectivity index (χ1n) is 9.19. The van der Waals surface area contributed by atoms with Gasteiger partial charge in [0.05, 0.1) is 21.6 Å². The van der Waals surface area contributed by atoms with Crippen molar-refractivity contribution in [1.29, 1.82) is 0 Å². The minimum Gasteiger partial charge on any atom is -0.339 e. The van der Waals surface area contributed by atoms with Crippen LogP contribution < -0.4 is 0 Å². The maximum Gasteiger partial charge on any atom is 0.255 e. The van der Waals surface area contributed by atoms with Crippen LogP contribution in [-0.2, 0) is 6.54 Å². The number of aromatic nitrogens is 2. The minimum atomic E-state index is -0.432. The van der Waals surface area contributed by atoms with Crippen LogP contribution in [0, 0.1) is 18.7 Å². The van der Waals surface area contributed by atoms with Crippen molar-refractivity contribution in [2.75, 3.05) is 13.1 Å². The van der Waals surface area contributed by atoms with Crippen LogP contribution in [0.3, 0.4) is 0 Å². The predicted octanol–water partition coefficient (Wildman–Crippen LogP) is 4.69. The number of carbonyl (C=O) groups excluding carboxylic acids is 1. The van der Waals surface area contributed by atoms with Crippen molar-refractivity contribution in [3.8, 4) is 0 Å². The summed E-state index contributed by atoms with van der Waals surface area (Å²) < 4.78 is 15.5. The molecule has 0 N–H and O–H groups in total. The number of nitrogens with zero attached hydrogens (tertiary/aromatic N) is 3. The van der Waals surface area contributed by atoms with Crippen LogP contribution in [0.1, 0.15) is 29.0 Å². The van der Waals surface area contributed by atoms with Crippen molar-refractivity contribution in [3.63, 3.8) is 0 Å². The van der Waals surface area contributed by atoms with Crippen molar-refractivity contribution in [3.05, 3.63) is 64.7 Å². The second-order valence-corrected chi connectivity index (χ2v) is 7.53. The Labute approximate surface area is 162 Å². The topological polar surface area (TPSA) is 38.1 Å². The van der Waals surface area contributed by atoms with Gasteiger partial charge in [-0.25, -0.2) is 9.37 Å². The lowest BCUT2D eigenvalue weighted by atomic mass is 9.96. The molecule has 4 rings (SSSR count). The molecule has 0 spiro atoms. The molecule has 0 saturated carbocycles. The van der Waals surface area contributed by atoms with E-state index in [0.717, 1.165) is 36.2 Å². The zero-order valence-electron chi connectivity index (χ0n) is 15.2. The number of carbonyl (C=O) groups is 1. The van der Waals surface area contributed by atoms with Gasteiger partial charge in [-0.05, 0) is 56.0 Å². The summed E-state index contributed by atoms with van der Waals surface area (Å²) in [6.45, 7) is 4.31. The molecule has 0 radical (unpaired) electrons. The van der Waals surface area contributed by atoms with Gasteiger partial charge in [-0.3, -0.25) is 4.79 Å². The van der Waals surface area contributed by atoms with Crippen molar-refractivity contribution >= 4 is 28.5 Å². The van der Waals surface area contributed by atoms with Gasteiger partial charge < -0.3 is 9.47 Å². The van der Waals surface area contributed by atoms with Gasteiger partial charge in [0.15, 0.2) is 0 Å². The Kier molecular flexibility index (Phi) is 4.87. The number of hydrogen-bond acceptors (Lipinski definition) is 2. The van der Waals surface area contributed by atoms with E-state index < -0.39 is 5.82 Å². The fourth-order valence-electron chi connectivity index (χ4n) is 3.84. The van der Waals surface area contributed by atoms with Gasteiger partial charge in [-0.15, -0.1) is 0 Å². The second-order valence-electron chi connectivity index (χ2n) is 7.12. The third kappa shape index (κ3) is 3.56. The zero-order chi connectivity index (χ0) is 19.0. The molecule has 1 saturated heterocycles. The van der Waals surface area contributed by atoms with Crippen LogP contribution in [0.25, 0.3) is 11.0 Å². The Morgan fingerprint density at radius 2 is 1.96 bits per heavy atom. The van der Waals surface area contributed by atoms with E-state index in [4.69, 9.17) is 11.6 Å². The largest absolute Gasteiger partial charge is 0.339 e. The molecule has 3 aromatic rings. The van der Waals surface area contributed by atoms with Crippen molar-refractivity contribution in [1.82, 2.24) is 14.5 Å². The van der Waals surface area contributed by atoms with E-state index >= 15 is 0 Å². The fourth-order valence-corrected chi connectivity index (χ4v) is 4.08. The number of rotatable bonds is 3. The first-order valence-corrected chi connectivity index (χ1v) is 9.57. The molecule has 1 aromatic heterocycles. The molecule has 0 aliphatic carbocycles. The Morgan fingerprint density at radius 3 is 2.70 bits per heavy atom. The molecule has 4 nitrogen and oxygen atoms in total. The molecule has 0 unspecified atom stereocenters. The lowest BCUT2D eigenvalue weighted by Gasteiger charge is -2.32. The molecule has 1 aliphatic heterocycles. The van der Waals surface area contributed by atoms with Gasteiger partial charge in [-0.2, -0.15) is 0 Å². The molecule has 6 heteroatoms. The lowest BCUT2D eigenvalue weighted by Crippen LogP contribution is -2.39. The van der Waals surface area contributed by atoms with Gasteiger partial charge in [0.1, 0.15) is 11.6 Å². The summed E-state index contributed by atoms with van der Waals surface area (Å²) in [6, 6.07) is 12.1. The number of imidazole rings is 1. The molecular weight excluding hydrogens is 365 g/mol. The average molecular weight is 386 g/mol. The van der Waals surface area contributed by atoms with Crippen LogP contribution in [-0.4, -0.2) is 33.4 Å². The van der Waals surface area contributed by atoms with E-state index in [1.807, 2.05) is 30.0 Å². The number of hydrogen-bond donors (Lipinski definition) is 0. The van der Waals surface area contributed by atoms with Crippen LogP contribution in [0.5, 0.6) is 0 Å². The maximum absolute atomic E-state index is 13.2. The standard InChI is InChI=1S/C21H21ClFN3O/c1-14-24-19-4-2-3-5-20(19)26(14)13-15-8-10-25(11-9-15)21(27)17-7-6-16(23)12-18(17)22/h2-7,12,15H,8-11,13H2,1H3. The Balaban J connectivity index is 1.43. The van der Waals surface area contributed by atoms with Crippen molar-refractivity contribution < 1.29 is 9.18 Å². The molecule has 2 aromatic carbocycles. The van der Waals surface area contributed by atoms with E-state index in [1.165, 1.54) is 18.2 Å². The van der Waals surface area contributed by atoms with Crippen molar-refractivity contribution in [2.45, 2.75) is 26.3 Å². The fraction of sp³-hybridized carbons (Fsp3) is 0.333. The number of halogens is 2. The number of fused-ring (bicyclic) bond motifs is 1. The number of likely N-dealkylation sites (tertiary alicyclic amines) is 1. The first-order chi connectivity index (χ1) is 13.0. The quantitative estimate of drug-likeness (QED) is 0.656. The highest BCUT2D eigenvalue weighted by Gasteiger charge is 2.26. The molecule has 140 valence electrons. The summed E-state index contributed by atoms with van der Waals surface area (Å²) in [5.74, 6) is 0.961. The molecular formula is C21H21ClFN3O. The minimum absolute atomic E-state index is 0.122. The summed E-state index contributed by atoms with van der Waals surface area (Å²) in [5, 5.41) is 0.169. The monoisotopic (exact) mass is 385 g/mol. The highest BCUT2D eigenvalue weighted by Crippen LogP contribution is 2.26. The third-order valence-electron chi connectivity index (χ3n) is 5.35. The Hall–Kier alpha value is -2.40. The molecule has 1 fully saturated rings. The van der Waals surface area contributed by atoms with Crippen LogP contribution in [0.2, 0.25) is 5.02 Å². The maximum atomic E-state index is 13.2. The summed E-state index contributed by atoms with van der Waals surface area (Å²) in [6.07, 6.45) is 1.85. The number of amides is 1.